The lowest BCUT2D eigenvalue weighted by atomic mass is 9.99. The number of hydrogen-bond donors (Lipinski definition) is 6. The summed E-state index contributed by atoms with van der Waals surface area (Å²) in [5, 5.41) is 27.4. The van der Waals surface area contributed by atoms with Crippen LogP contribution in [-0.2, 0) is 41.5 Å². The summed E-state index contributed by atoms with van der Waals surface area (Å²) in [5.74, 6) is 0. The van der Waals surface area contributed by atoms with Crippen LogP contribution in [0.3, 0.4) is 0 Å². The SMILES string of the molecule is CCCCOC[C@H]1OC(OC)[C@H](OP(=O)(O)CO)[C@@H](OP(=O)(O)CO)[C@H]1OP(=O)(O)CO. The van der Waals surface area contributed by atoms with Gasteiger partial charge in [0.05, 0.1) is 6.61 Å². The van der Waals surface area contributed by atoms with E-state index in [2.05, 4.69) is 0 Å². The number of hydrogen-bond acceptors (Lipinski definition) is 12. The molecular weight excluding hydrogens is 501 g/mol. The molecule has 1 saturated heterocycles. The summed E-state index contributed by atoms with van der Waals surface area (Å²) in [6.45, 7) is 1.87. The zero-order valence-electron chi connectivity index (χ0n) is 17.5. The molecule has 1 aliphatic heterocycles. The van der Waals surface area contributed by atoms with E-state index in [-0.39, 0.29) is 13.2 Å². The van der Waals surface area contributed by atoms with Gasteiger partial charge in [0.15, 0.2) is 6.29 Å². The third kappa shape index (κ3) is 9.46. The van der Waals surface area contributed by atoms with Gasteiger partial charge in [0.2, 0.25) is 0 Å². The summed E-state index contributed by atoms with van der Waals surface area (Å²) in [6.07, 6.45) is -11.0. The first-order valence-corrected chi connectivity index (χ1v) is 14.7. The van der Waals surface area contributed by atoms with Crippen LogP contribution < -0.4 is 0 Å². The van der Waals surface area contributed by atoms with Gasteiger partial charge < -0.3 is 44.2 Å². The number of ether oxygens (including phenoxy) is 3. The maximum atomic E-state index is 12.1. The molecule has 192 valence electrons. The second kappa shape index (κ2) is 13.3. The lowest BCUT2D eigenvalue weighted by molar-refractivity contribution is -0.284. The van der Waals surface area contributed by atoms with E-state index in [1.165, 1.54) is 0 Å². The molecule has 0 radical (unpaired) electrons. The van der Waals surface area contributed by atoms with Gasteiger partial charge in [-0.1, -0.05) is 13.3 Å². The molecule has 0 aromatic heterocycles. The Morgan fingerprint density at radius 1 is 0.812 bits per heavy atom. The highest BCUT2D eigenvalue weighted by Gasteiger charge is 2.54. The van der Waals surface area contributed by atoms with Crippen LogP contribution in [-0.4, -0.2) is 100 Å². The second-order valence-corrected chi connectivity index (χ2v) is 12.1. The normalized spacial score (nSPS) is 32.1. The minimum Gasteiger partial charge on any atom is -0.384 e. The van der Waals surface area contributed by atoms with Crippen LogP contribution in [0.5, 0.6) is 0 Å². The Labute approximate surface area is 184 Å². The topological polar surface area (TPSA) is 228 Å². The van der Waals surface area contributed by atoms with Crippen molar-refractivity contribution in [2.24, 2.45) is 0 Å². The molecule has 32 heavy (non-hydrogen) atoms. The quantitative estimate of drug-likeness (QED) is 0.118. The molecule has 0 saturated carbocycles. The van der Waals surface area contributed by atoms with Gasteiger partial charge >= 0.3 is 22.8 Å². The summed E-state index contributed by atoms with van der Waals surface area (Å²) in [5.41, 5.74) is 0. The fourth-order valence-electron chi connectivity index (χ4n) is 2.68. The van der Waals surface area contributed by atoms with Crippen molar-refractivity contribution in [3.63, 3.8) is 0 Å². The van der Waals surface area contributed by atoms with Crippen LogP contribution in [0.25, 0.3) is 0 Å². The van der Waals surface area contributed by atoms with E-state index in [1.54, 1.807) is 0 Å². The van der Waals surface area contributed by atoms with E-state index in [9.17, 15) is 28.4 Å². The molecule has 8 atom stereocenters. The van der Waals surface area contributed by atoms with E-state index in [0.29, 0.717) is 6.42 Å². The third-order valence-electron chi connectivity index (χ3n) is 4.14. The number of unbranched alkanes of at least 4 members (excludes halogenated alkanes) is 1. The van der Waals surface area contributed by atoms with Gasteiger partial charge in [0, 0.05) is 13.7 Å². The van der Waals surface area contributed by atoms with Crippen molar-refractivity contribution >= 4 is 22.8 Å². The van der Waals surface area contributed by atoms with Gasteiger partial charge in [-0.3, -0.25) is 27.3 Å². The molecule has 4 unspecified atom stereocenters. The highest BCUT2D eigenvalue weighted by Crippen LogP contribution is 2.52. The molecule has 0 spiro atoms. The Bertz CT molecular complexity index is 705. The van der Waals surface area contributed by atoms with Crippen molar-refractivity contribution in [1.82, 2.24) is 0 Å². The molecular formula is C14H31O15P3. The Kier molecular flexibility index (Phi) is 12.6. The van der Waals surface area contributed by atoms with Crippen molar-refractivity contribution in [2.75, 3.05) is 39.4 Å². The highest BCUT2D eigenvalue weighted by molar-refractivity contribution is 7.53. The molecule has 0 amide bonds. The molecule has 15 nitrogen and oxygen atoms in total. The molecule has 18 heteroatoms. The molecule has 0 bridgehead atoms. The number of aliphatic hydroxyl groups is 3. The first kappa shape index (κ1) is 30.2. The fourth-order valence-corrected chi connectivity index (χ4v) is 4.73. The van der Waals surface area contributed by atoms with E-state index >= 15 is 0 Å². The highest BCUT2D eigenvalue weighted by atomic mass is 31.2. The van der Waals surface area contributed by atoms with Crippen molar-refractivity contribution in [3.8, 4) is 0 Å². The van der Waals surface area contributed by atoms with E-state index in [1.807, 2.05) is 6.92 Å². The lowest BCUT2D eigenvalue weighted by Gasteiger charge is -2.45. The van der Waals surface area contributed by atoms with Crippen molar-refractivity contribution < 1.29 is 71.5 Å². The Balaban J connectivity index is 3.41. The standard InChI is InChI=1S/C14H31O15P3/c1-3-4-5-25-6-10-11(27-30(18,19)7-15)12(28-31(20,21)8-16)13(14(24-2)26-10)29-32(22,23)9-17/h10-17H,3-9H2,1-2H3,(H,18,19)(H,20,21)(H,22,23)/t10-,11+,12+,13-,14?/m1/s1. The fraction of sp³-hybridized carbons (Fsp3) is 1.00. The van der Waals surface area contributed by atoms with Gasteiger partial charge in [-0.25, -0.2) is 0 Å². The van der Waals surface area contributed by atoms with Crippen LogP contribution in [0, 0.1) is 0 Å². The molecule has 1 rings (SSSR count). The molecule has 1 fully saturated rings. The summed E-state index contributed by atoms with van der Waals surface area (Å²) in [4.78, 5) is 29.3. The van der Waals surface area contributed by atoms with Crippen LogP contribution >= 0.6 is 22.8 Å². The summed E-state index contributed by atoms with van der Waals surface area (Å²) < 4.78 is 67.2. The van der Waals surface area contributed by atoms with Gasteiger partial charge in [0.1, 0.15) is 43.5 Å². The lowest BCUT2D eigenvalue weighted by Crippen LogP contribution is -2.61. The predicted molar refractivity (Wildman–Crippen MR) is 107 cm³/mol. The molecule has 1 heterocycles. The molecule has 0 aromatic rings. The third-order valence-corrected chi connectivity index (χ3v) is 6.93. The van der Waals surface area contributed by atoms with Gasteiger partial charge in [-0.05, 0) is 6.42 Å². The van der Waals surface area contributed by atoms with Crippen molar-refractivity contribution in [1.29, 1.82) is 0 Å². The number of aliphatic hydroxyl groups excluding tert-OH is 3. The molecule has 1 aliphatic rings. The molecule has 6 N–H and O–H groups in total. The second-order valence-electron chi connectivity index (χ2n) is 6.75. The summed E-state index contributed by atoms with van der Waals surface area (Å²) >= 11 is 0. The van der Waals surface area contributed by atoms with Crippen LogP contribution in [0.15, 0.2) is 0 Å². The monoisotopic (exact) mass is 532 g/mol. The van der Waals surface area contributed by atoms with E-state index < -0.39 is 72.5 Å². The minimum absolute atomic E-state index is 0.258. The first-order valence-electron chi connectivity index (χ1n) is 9.44. The molecule has 0 aromatic carbocycles. The Morgan fingerprint density at radius 2 is 1.28 bits per heavy atom. The van der Waals surface area contributed by atoms with Crippen molar-refractivity contribution in [3.05, 3.63) is 0 Å². The van der Waals surface area contributed by atoms with E-state index in [0.717, 1.165) is 13.5 Å². The minimum atomic E-state index is -4.79. The number of methoxy groups -OCH3 is 1. The smallest absolute Gasteiger partial charge is 0.353 e. The predicted octanol–water partition coefficient (Wildman–Crippen LogP) is -0.264. The van der Waals surface area contributed by atoms with Gasteiger partial charge in [-0.15, -0.1) is 0 Å². The molecule has 0 aliphatic carbocycles. The summed E-state index contributed by atoms with van der Waals surface area (Å²) in [7, 11) is -13.1. The zero-order valence-corrected chi connectivity index (χ0v) is 20.2. The van der Waals surface area contributed by atoms with Crippen LogP contribution in [0.4, 0.5) is 0 Å². The first-order chi connectivity index (χ1) is 14.8. The van der Waals surface area contributed by atoms with Gasteiger partial charge in [-0.2, -0.15) is 0 Å². The maximum absolute atomic E-state index is 12.1. The van der Waals surface area contributed by atoms with Crippen molar-refractivity contribution in [2.45, 2.75) is 50.5 Å². The van der Waals surface area contributed by atoms with E-state index in [4.69, 9.17) is 43.1 Å². The Morgan fingerprint density at radius 3 is 1.72 bits per heavy atom. The van der Waals surface area contributed by atoms with Crippen LogP contribution in [0.1, 0.15) is 19.8 Å². The van der Waals surface area contributed by atoms with Gasteiger partial charge in [0.25, 0.3) is 0 Å². The average Bonchev–Trinajstić information content (AvgIpc) is 2.74. The zero-order chi connectivity index (χ0) is 24.6. The number of rotatable bonds is 15. The Hall–Kier alpha value is 0.210. The largest absolute Gasteiger partial charge is 0.384 e. The van der Waals surface area contributed by atoms with Crippen LogP contribution in [0.2, 0.25) is 0 Å². The maximum Gasteiger partial charge on any atom is 0.353 e. The summed E-state index contributed by atoms with van der Waals surface area (Å²) in [6, 6.07) is 0. The average molecular weight is 532 g/mol.